The van der Waals surface area contributed by atoms with Gasteiger partial charge in [-0.2, -0.15) is 0 Å². The molecule has 0 fully saturated rings. The molecular formula is C24H25FN2O3. The molecule has 156 valence electrons. The summed E-state index contributed by atoms with van der Waals surface area (Å²) in [7, 11) is 1.57. The van der Waals surface area contributed by atoms with Crippen molar-refractivity contribution < 1.29 is 18.7 Å². The second kappa shape index (κ2) is 10.4. The molecule has 0 aliphatic rings. The predicted octanol–water partition coefficient (Wildman–Crippen LogP) is 4.01. The molecule has 1 amide bonds. The molecule has 0 aromatic heterocycles. The Bertz CT molecular complexity index is 962. The lowest BCUT2D eigenvalue weighted by atomic mass is 10.1. The Morgan fingerprint density at radius 3 is 2.33 bits per heavy atom. The zero-order chi connectivity index (χ0) is 21.3. The van der Waals surface area contributed by atoms with E-state index in [1.807, 2.05) is 36.4 Å². The molecule has 6 heteroatoms. The Balaban J connectivity index is 1.72. The largest absolute Gasteiger partial charge is 0.493 e. The van der Waals surface area contributed by atoms with Crippen LogP contribution in [0.4, 0.5) is 4.39 Å². The van der Waals surface area contributed by atoms with Crippen LogP contribution in [0.2, 0.25) is 0 Å². The van der Waals surface area contributed by atoms with Crippen molar-refractivity contribution in [2.45, 2.75) is 13.2 Å². The van der Waals surface area contributed by atoms with Crippen LogP contribution in [0.3, 0.4) is 0 Å². The van der Waals surface area contributed by atoms with E-state index >= 15 is 0 Å². The molecule has 0 aliphatic heterocycles. The average Bonchev–Trinajstić information content (AvgIpc) is 2.79. The Morgan fingerprint density at radius 2 is 1.67 bits per heavy atom. The van der Waals surface area contributed by atoms with Crippen molar-refractivity contribution in [3.05, 3.63) is 95.3 Å². The molecule has 0 unspecified atom stereocenters. The maximum atomic E-state index is 13.0. The van der Waals surface area contributed by atoms with Crippen LogP contribution >= 0.6 is 0 Å². The van der Waals surface area contributed by atoms with Crippen LogP contribution in [0.1, 0.15) is 21.5 Å². The number of ether oxygens (including phenoxy) is 2. The lowest BCUT2D eigenvalue weighted by Gasteiger charge is -2.23. The van der Waals surface area contributed by atoms with Crippen LogP contribution in [0.25, 0.3) is 0 Å². The van der Waals surface area contributed by atoms with Crippen LogP contribution in [0.5, 0.6) is 11.5 Å². The number of methoxy groups -OCH3 is 1. The monoisotopic (exact) mass is 408 g/mol. The number of carbonyl (C=O) groups is 1. The van der Waals surface area contributed by atoms with Gasteiger partial charge in [0.1, 0.15) is 12.4 Å². The zero-order valence-corrected chi connectivity index (χ0v) is 16.9. The highest BCUT2D eigenvalue weighted by atomic mass is 19.1. The van der Waals surface area contributed by atoms with Gasteiger partial charge in [0.2, 0.25) is 0 Å². The summed E-state index contributed by atoms with van der Waals surface area (Å²) in [4.78, 5) is 14.5. The molecule has 5 nitrogen and oxygen atoms in total. The first kappa shape index (κ1) is 21.3. The predicted molar refractivity (Wildman–Crippen MR) is 114 cm³/mol. The maximum absolute atomic E-state index is 13.0. The Labute approximate surface area is 175 Å². The van der Waals surface area contributed by atoms with Crippen LogP contribution in [0.15, 0.2) is 72.8 Å². The minimum Gasteiger partial charge on any atom is -0.493 e. The van der Waals surface area contributed by atoms with Crippen molar-refractivity contribution >= 4 is 5.91 Å². The molecule has 0 saturated carbocycles. The highest BCUT2D eigenvalue weighted by Crippen LogP contribution is 2.29. The lowest BCUT2D eigenvalue weighted by Crippen LogP contribution is -2.34. The fraction of sp³-hybridized carbons (Fsp3) is 0.208. The van der Waals surface area contributed by atoms with E-state index in [0.717, 1.165) is 11.1 Å². The average molecular weight is 408 g/mol. The van der Waals surface area contributed by atoms with Crippen molar-refractivity contribution in [2.75, 3.05) is 20.2 Å². The highest BCUT2D eigenvalue weighted by Gasteiger charge is 2.16. The van der Waals surface area contributed by atoms with E-state index in [4.69, 9.17) is 15.2 Å². The quantitative estimate of drug-likeness (QED) is 0.581. The zero-order valence-electron chi connectivity index (χ0n) is 16.9. The summed E-state index contributed by atoms with van der Waals surface area (Å²) >= 11 is 0. The summed E-state index contributed by atoms with van der Waals surface area (Å²) in [5, 5.41) is 0. The topological polar surface area (TPSA) is 64.8 Å². The molecule has 0 bridgehead atoms. The first-order chi connectivity index (χ1) is 14.6. The fourth-order valence-corrected chi connectivity index (χ4v) is 3.06. The minimum atomic E-state index is -0.284. The van der Waals surface area contributed by atoms with Gasteiger partial charge in [0.15, 0.2) is 11.5 Å². The van der Waals surface area contributed by atoms with Crippen molar-refractivity contribution in [3.63, 3.8) is 0 Å². The summed E-state index contributed by atoms with van der Waals surface area (Å²) < 4.78 is 24.3. The summed E-state index contributed by atoms with van der Waals surface area (Å²) in [5.41, 5.74) is 8.10. The first-order valence-electron chi connectivity index (χ1n) is 9.69. The van der Waals surface area contributed by atoms with Gasteiger partial charge in [0.25, 0.3) is 5.91 Å². The molecule has 0 heterocycles. The molecule has 2 N–H and O–H groups in total. The van der Waals surface area contributed by atoms with Crippen LogP contribution in [0, 0.1) is 5.82 Å². The summed E-state index contributed by atoms with van der Waals surface area (Å²) in [6.45, 7) is 1.51. The third kappa shape index (κ3) is 5.58. The van der Waals surface area contributed by atoms with Gasteiger partial charge in [-0.25, -0.2) is 4.39 Å². The second-order valence-electron chi connectivity index (χ2n) is 6.78. The number of rotatable bonds is 9. The number of nitrogens with zero attached hydrogens (tertiary/aromatic N) is 1. The number of nitrogens with two attached hydrogens (primary N) is 1. The molecule has 3 aromatic carbocycles. The number of carbonyl (C=O) groups excluding carboxylic acids is 1. The normalized spacial score (nSPS) is 10.5. The Morgan fingerprint density at radius 1 is 0.967 bits per heavy atom. The molecule has 0 spiro atoms. The summed E-state index contributed by atoms with van der Waals surface area (Å²) in [6, 6.07) is 20.8. The van der Waals surface area contributed by atoms with Gasteiger partial charge in [-0.1, -0.05) is 36.4 Å². The van der Waals surface area contributed by atoms with E-state index in [2.05, 4.69) is 0 Å². The van der Waals surface area contributed by atoms with Crippen molar-refractivity contribution in [1.29, 1.82) is 0 Å². The molecule has 30 heavy (non-hydrogen) atoms. The van der Waals surface area contributed by atoms with Gasteiger partial charge in [-0.3, -0.25) is 4.79 Å². The van der Waals surface area contributed by atoms with Gasteiger partial charge in [-0.05, 0) is 47.5 Å². The SMILES string of the molecule is COc1cc(CN(CCN)C(=O)c2ccccc2)ccc1OCc1ccc(F)cc1. The van der Waals surface area contributed by atoms with E-state index in [-0.39, 0.29) is 11.7 Å². The van der Waals surface area contributed by atoms with Gasteiger partial charge < -0.3 is 20.1 Å². The molecular weight excluding hydrogens is 383 g/mol. The standard InChI is InChI=1S/C24H25FN2O3/c1-29-23-15-19(9-12-22(23)30-17-18-7-10-21(25)11-8-18)16-27(14-13-26)24(28)20-5-3-2-4-6-20/h2-12,15H,13-14,16-17,26H2,1H3. The van der Waals surface area contributed by atoms with Gasteiger partial charge in [-0.15, -0.1) is 0 Å². The number of amides is 1. The van der Waals surface area contributed by atoms with E-state index in [9.17, 15) is 9.18 Å². The van der Waals surface area contributed by atoms with Crippen molar-refractivity contribution in [2.24, 2.45) is 5.73 Å². The molecule has 3 rings (SSSR count). The van der Waals surface area contributed by atoms with Gasteiger partial charge >= 0.3 is 0 Å². The third-order valence-electron chi connectivity index (χ3n) is 4.62. The molecule has 0 atom stereocenters. The van der Waals surface area contributed by atoms with Crippen molar-refractivity contribution in [3.8, 4) is 11.5 Å². The van der Waals surface area contributed by atoms with E-state index < -0.39 is 0 Å². The Hall–Kier alpha value is -3.38. The van der Waals surface area contributed by atoms with Gasteiger partial charge in [0, 0.05) is 25.2 Å². The fourth-order valence-electron chi connectivity index (χ4n) is 3.06. The molecule has 0 aliphatic carbocycles. The van der Waals surface area contributed by atoms with Crippen LogP contribution in [-0.4, -0.2) is 31.0 Å². The second-order valence-corrected chi connectivity index (χ2v) is 6.78. The number of hydrogen-bond acceptors (Lipinski definition) is 4. The first-order valence-corrected chi connectivity index (χ1v) is 9.69. The molecule has 0 radical (unpaired) electrons. The van der Waals surface area contributed by atoms with E-state index in [1.165, 1.54) is 12.1 Å². The summed E-state index contributed by atoms with van der Waals surface area (Å²) in [6.07, 6.45) is 0. The minimum absolute atomic E-state index is 0.0725. The lowest BCUT2D eigenvalue weighted by molar-refractivity contribution is 0.0748. The number of halogens is 1. The highest BCUT2D eigenvalue weighted by molar-refractivity contribution is 5.94. The summed E-state index contributed by atoms with van der Waals surface area (Å²) in [5.74, 6) is 0.782. The van der Waals surface area contributed by atoms with Gasteiger partial charge in [0.05, 0.1) is 7.11 Å². The maximum Gasteiger partial charge on any atom is 0.254 e. The van der Waals surface area contributed by atoms with E-state index in [0.29, 0.717) is 43.3 Å². The van der Waals surface area contributed by atoms with E-state index in [1.54, 1.807) is 36.3 Å². The smallest absolute Gasteiger partial charge is 0.254 e. The van der Waals surface area contributed by atoms with Crippen LogP contribution in [-0.2, 0) is 13.2 Å². The van der Waals surface area contributed by atoms with Crippen LogP contribution < -0.4 is 15.2 Å². The molecule has 0 saturated heterocycles. The third-order valence-corrected chi connectivity index (χ3v) is 4.62. The molecule has 3 aromatic rings. The van der Waals surface area contributed by atoms with Crippen molar-refractivity contribution in [1.82, 2.24) is 4.90 Å². The number of benzene rings is 3. The number of hydrogen-bond donors (Lipinski definition) is 1. The Kier molecular flexibility index (Phi) is 7.40.